The molecule has 0 amide bonds. The Bertz CT molecular complexity index is 785. The van der Waals surface area contributed by atoms with E-state index in [1.165, 1.54) is 25.3 Å². The zero-order chi connectivity index (χ0) is 14.2. The van der Waals surface area contributed by atoms with E-state index >= 15 is 0 Å². The lowest BCUT2D eigenvalue weighted by molar-refractivity contribution is 0.376. The molecule has 0 fully saturated rings. The Kier molecular flexibility index (Phi) is 3.36. The number of halogens is 1. The molecular weight excluding hydrogens is 273 g/mol. The highest BCUT2D eigenvalue weighted by Crippen LogP contribution is 2.15. The van der Waals surface area contributed by atoms with Gasteiger partial charge in [0.05, 0.1) is 6.04 Å². The van der Waals surface area contributed by atoms with Crippen molar-refractivity contribution in [3.8, 4) is 0 Å². The monoisotopic (exact) mass is 285 g/mol. The predicted molar refractivity (Wildman–Crippen MR) is 67.6 cm³/mol. The minimum absolute atomic E-state index is 0.119. The first-order valence-electron chi connectivity index (χ1n) is 5.49. The number of alkyl halides is 1. The number of hydrogen-bond donors (Lipinski definition) is 0. The predicted octanol–water partition coefficient (Wildman–Crippen LogP) is 0.725. The molecule has 2 heterocycles. The summed E-state index contributed by atoms with van der Waals surface area (Å²) < 4.78 is 36.8. The Balaban J connectivity index is 2.86. The fourth-order valence-electron chi connectivity index (χ4n) is 1.70. The van der Waals surface area contributed by atoms with Crippen molar-refractivity contribution >= 4 is 20.9 Å². The molecule has 2 rings (SSSR count). The van der Waals surface area contributed by atoms with Gasteiger partial charge in [-0.2, -0.15) is 4.98 Å². The number of nitrogens with zero attached hydrogens (tertiary/aromatic N) is 3. The van der Waals surface area contributed by atoms with Crippen molar-refractivity contribution in [2.24, 2.45) is 0 Å². The van der Waals surface area contributed by atoms with Gasteiger partial charge in [-0.1, -0.05) is 0 Å². The van der Waals surface area contributed by atoms with Crippen molar-refractivity contribution in [1.29, 1.82) is 0 Å². The van der Waals surface area contributed by atoms with Crippen LogP contribution in [0.15, 0.2) is 28.3 Å². The smallest absolute Gasteiger partial charge is 0.252 e. The van der Waals surface area contributed by atoms with Crippen molar-refractivity contribution in [2.45, 2.75) is 18.1 Å². The van der Waals surface area contributed by atoms with E-state index in [4.69, 9.17) is 0 Å². The zero-order valence-electron chi connectivity index (χ0n) is 10.4. The van der Waals surface area contributed by atoms with E-state index < -0.39 is 28.1 Å². The minimum Gasteiger partial charge on any atom is -0.287 e. The third kappa shape index (κ3) is 2.48. The second kappa shape index (κ2) is 4.69. The summed E-state index contributed by atoms with van der Waals surface area (Å²) in [5, 5.41) is 0.0951. The molecule has 8 heteroatoms. The Morgan fingerprint density at radius 2 is 2.11 bits per heavy atom. The lowest BCUT2D eigenvalue weighted by Crippen LogP contribution is -2.25. The maximum atomic E-state index is 12.8. The molecule has 2 aromatic heterocycles. The summed E-state index contributed by atoms with van der Waals surface area (Å²) in [5.74, 6) is 0. The highest BCUT2D eigenvalue weighted by molar-refractivity contribution is 7.90. The first-order chi connectivity index (χ1) is 8.84. The van der Waals surface area contributed by atoms with Crippen LogP contribution in [0.25, 0.3) is 11.0 Å². The number of rotatable bonds is 3. The molecule has 1 atom stereocenters. The van der Waals surface area contributed by atoms with E-state index in [2.05, 4.69) is 9.97 Å². The molecule has 0 aliphatic carbocycles. The molecule has 0 aliphatic rings. The van der Waals surface area contributed by atoms with Gasteiger partial charge in [0.15, 0.2) is 0 Å². The average molecular weight is 285 g/mol. The van der Waals surface area contributed by atoms with Gasteiger partial charge in [0.2, 0.25) is 15.0 Å². The summed E-state index contributed by atoms with van der Waals surface area (Å²) in [6.07, 6.45) is 2.28. The van der Waals surface area contributed by atoms with E-state index in [0.717, 1.165) is 10.8 Å². The molecule has 0 bridgehead atoms. The Hall–Kier alpha value is -1.83. The highest BCUT2D eigenvalue weighted by atomic mass is 32.2. The largest absolute Gasteiger partial charge is 0.287 e. The van der Waals surface area contributed by atoms with Gasteiger partial charge in [0.1, 0.15) is 12.3 Å². The zero-order valence-corrected chi connectivity index (χ0v) is 11.2. The minimum atomic E-state index is -3.59. The summed E-state index contributed by atoms with van der Waals surface area (Å²) in [6.45, 7) is 0.764. The maximum Gasteiger partial charge on any atom is 0.252 e. The number of fused-ring (bicyclic) bond motifs is 1. The molecule has 0 saturated carbocycles. The number of sulfone groups is 1. The van der Waals surface area contributed by atoms with Crippen LogP contribution < -0.4 is 5.56 Å². The first kappa shape index (κ1) is 13.6. The van der Waals surface area contributed by atoms with E-state index in [9.17, 15) is 17.6 Å². The van der Waals surface area contributed by atoms with Crippen LogP contribution in [0.1, 0.15) is 13.0 Å². The second-order valence-corrected chi connectivity index (χ2v) is 6.16. The molecule has 0 N–H and O–H groups in total. The third-order valence-electron chi connectivity index (χ3n) is 2.64. The summed E-state index contributed by atoms with van der Waals surface area (Å²) in [6, 6.07) is 2.03. The molecule has 102 valence electrons. The van der Waals surface area contributed by atoms with Gasteiger partial charge in [-0.25, -0.2) is 17.8 Å². The van der Waals surface area contributed by atoms with Crippen molar-refractivity contribution in [3.63, 3.8) is 0 Å². The Labute approximate surface area is 108 Å². The van der Waals surface area contributed by atoms with E-state index in [1.807, 2.05) is 0 Å². The number of hydrogen-bond acceptors (Lipinski definition) is 5. The summed E-state index contributed by atoms with van der Waals surface area (Å²) in [4.78, 5) is 19.4. The first-order valence-corrected chi connectivity index (χ1v) is 7.38. The number of pyridine rings is 1. The molecular formula is C11H12FN3O3S. The van der Waals surface area contributed by atoms with Crippen LogP contribution in [-0.4, -0.2) is 35.9 Å². The van der Waals surface area contributed by atoms with Gasteiger partial charge in [0.25, 0.3) is 5.56 Å². The number of aromatic nitrogens is 3. The van der Waals surface area contributed by atoms with Crippen LogP contribution in [0.5, 0.6) is 0 Å². The summed E-state index contributed by atoms with van der Waals surface area (Å²) in [7, 11) is -3.59. The van der Waals surface area contributed by atoms with Crippen LogP contribution >= 0.6 is 0 Å². The Morgan fingerprint density at radius 3 is 2.68 bits per heavy atom. The topological polar surface area (TPSA) is 81.9 Å². The van der Waals surface area contributed by atoms with Crippen molar-refractivity contribution in [2.75, 3.05) is 12.9 Å². The summed E-state index contributed by atoms with van der Waals surface area (Å²) >= 11 is 0. The average Bonchev–Trinajstić information content (AvgIpc) is 2.36. The van der Waals surface area contributed by atoms with Crippen LogP contribution in [-0.2, 0) is 9.84 Å². The lowest BCUT2D eigenvalue weighted by Gasteiger charge is -2.13. The molecule has 0 radical (unpaired) electrons. The maximum absolute atomic E-state index is 12.8. The molecule has 19 heavy (non-hydrogen) atoms. The molecule has 0 saturated heterocycles. The molecule has 2 aromatic rings. The van der Waals surface area contributed by atoms with Crippen LogP contribution in [0.3, 0.4) is 0 Å². The molecule has 0 aromatic carbocycles. The van der Waals surface area contributed by atoms with Crippen LogP contribution in [0.4, 0.5) is 4.39 Å². The van der Waals surface area contributed by atoms with Gasteiger partial charge >= 0.3 is 0 Å². The van der Waals surface area contributed by atoms with Gasteiger partial charge < -0.3 is 0 Å². The van der Waals surface area contributed by atoms with Crippen molar-refractivity contribution in [1.82, 2.24) is 14.5 Å². The molecule has 6 nitrogen and oxygen atoms in total. The quantitative estimate of drug-likeness (QED) is 0.776. The van der Waals surface area contributed by atoms with Crippen LogP contribution in [0.2, 0.25) is 0 Å². The van der Waals surface area contributed by atoms with Gasteiger partial charge in [-0.05, 0) is 13.0 Å². The fourth-order valence-corrected chi connectivity index (χ4v) is 2.19. The van der Waals surface area contributed by atoms with Gasteiger partial charge in [-0.3, -0.25) is 9.36 Å². The fraction of sp³-hybridized carbons (Fsp3) is 0.364. The van der Waals surface area contributed by atoms with E-state index in [-0.39, 0.29) is 10.8 Å². The van der Waals surface area contributed by atoms with Crippen molar-refractivity contribution in [3.05, 3.63) is 28.7 Å². The summed E-state index contributed by atoms with van der Waals surface area (Å²) in [5.41, 5.74) is -0.316. The van der Waals surface area contributed by atoms with E-state index in [0.29, 0.717) is 5.39 Å². The standard InChI is InChI=1S/C11H12FN3O3S/c1-7(5-12)15-9(16)4-3-8-6-13-11(14-10(8)15)19(2,17)18/h3-4,6-7H,5H2,1-2H3. The Morgan fingerprint density at radius 1 is 1.42 bits per heavy atom. The molecule has 1 unspecified atom stereocenters. The van der Waals surface area contributed by atoms with Gasteiger partial charge in [0, 0.05) is 23.9 Å². The molecule has 0 spiro atoms. The third-order valence-corrected chi connectivity index (χ3v) is 3.50. The van der Waals surface area contributed by atoms with Crippen LogP contribution in [0, 0.1) is 0 Å². The molecule has 0 aliphatic heterocycles. The normalized spacial score (nSPS) is 13.6. The highest BCUT2D eigenvalue weighted by Gasteiger charge is 2.16. The lowest BCUT2D eigenvalue weighted by atomic mass is 10.3. The van der Waals surface area contributed by atoms with Crippen molar-refractivity contribution < 1.29 is 12.8 Å². The van der Waals surface area contributed by atoms with Gasteiger partial charge in [-0.15, -0.1) is 0 Å². The second-order valence-electron chi connectivity index (χ2n) is 4.25. The SMILES string of the molecule is CC(CF)n1c(=O)ccc2cnc(S(C)(=O)=O)nc21. The van der Waals surface area contributed by atoms with E-state index in [1.54, 1.807) is 0 Å².